The van der Waals surface area contributed by atoms with E-state index in [1.165, 1.54) is 0 Å². The Kier molecular flexibility index (Phi) is 4.20. The first kappa shape index (κ1) is 15.4. The lowest BCUT2D eigenvalue weighted by Crippen LogP contribution is -2.37. The Hall–Kier alpha value is -3.09. The van der Waals surface area contributed by atoms with Gasteiger partial charge in [0.05, 0.1) is 6.04 Å². The van der Waals surface area contributed by atoms with Crippen LogP contribution in [0.2, 0.25) is 0 Å². The number of alkyl carbamates (subject to hydrolysis) is 1. The van der Waals surface area contributed by atoms with Crippen LogP contribution in [0.25, 0.3) is 5.65 Å². The van der Waals surface area contributed by atoms with Gasteiger partial charge in [0.25, 0.3) is 0 Å². The zero-order chi connectivity index (χ0) is 17.1. The fraction of sp³-hybridized carbons (Fsp3) is 0.278. The van der Waals surface area contributed by atoms with E-state index in [2.05, 4.69) is 20.3 Å². The Morgan fingerprint density at radius 2 is 2.12 bits per heavy atom. The first-order valence-corrected chi connectivity index (χ1v) is 8.30. The van der Waals surface area contributed by atoms with Crippen molar-refractivity contribution in [2.24, 2.45) is 0 Å². The molecule has 7 heteroatoms. The molecule has 25 heavy (non-hydrogen) atoms. The van der Waals surface area contributed by atoms with Gasteiger partial charge in [-0.25, -0.2) is 14.3 Å². The summed E-state index contributed by atoms with van der Waals surface area (Å²) in [6.07, 6.45) is 4.03. The minimum absolute atomic E-state index is 0.0588. The van der Waals surface area contributed by atoms with Gasteiger partial charge in [0.2, 0.25) is 0 Å². The van der Waals surface area contributed by atoms with Crippen LogP contribution >= 0.6 is 0 Å². The summed E-state index contributed by atoms with van der Waals surface area (Å²) < 4.78 is 7.04. The molecule has 1 aliphatic rings. The zero-order valence-corrected chi connectivity index (χ0v) is 13.7. The molecule has 1 N–H and O–H groups in total. The lowest BCUT2D eigenvalue weighted by molar-refractivity contribution is 0.136. The Morgan fingerprint density at radius 1 is 1.24 bits per heavy atom. The monoisotopic (exact) mass is 337 g/mol. The SMILES string of the molecule is O=C(N[C@H]1CCN(c2ccc3nccn3n2)C1)OCc1ccccc1. The highest BCUT2D eigenvalue weighted by Crippen LogP contribution is 2.18. The number of ether oxygens (including phenoxy) is 1. The number of hydrogen-bond donors (Lipinski definition) is 1. The first-order valence-electron chi connectivity index (χ1n) is 8.30. The van der Waals surface area contributed by atoms with E-state index >= 15 is 0 Å². The van der Waals surface area contributed by atoms with Crippen LogP contribution in [0.4, 0.5) is 10.6 Å². The fourth-order valence-electron chi connectivity index (χ4n) is 2.99. The van der Waals surface area contributed by atoms with Crippen molar-refractivity contribution in [3.8, 4) is 0 Å². The third kappa shape index (κ3) is 3.55. The highest BCUT2D eigenvalue weighted by atomic mass is 16.5. The van der Waals surface area contributed by atoms with Gasteiger partial charge in [0, 0.05) is 25.5 Å². The molecule has 1 aromatic carbocycles. The third-order valence-corrected chi connectivity index (χ3v) is 4.29. The van der Waals surface area contributed by atoms with Gasteiger partial charge in [-0.15, -0.1) is 5.10 Å². The van der Waals surface area contributed by atoms with Gasteiger partial charge in [0.1, 0.15) is 12.4 Å². The third-order valence-electron chi connectivity index (χ3n) is 4.29. The van der Waals surface area contributed by atoms with Crippen LogP contribution in [0.3, 0.4) is 0 Å². The van der Waals surface area contributed by atoms with Gasteiger partial charge < -0.3 is 15.0 Å². The number of carbonyl (C=O) groups excluding carboxylic acids is 1. The summed E-state index contributed by atoms with van der Waals surface area (Å²) in [6.45, 7) is 1.84. The summed E-state index contributed by atoms with van der Waals surface area (Å²) in [5.41, 5.74) is 1.80. The predicted molar refractivity (Wildman–Crippen MR) is 93.4 cm³/mol. The van der Waals surface area contributed by atoms with E-state index < -0.39 is 0 Å². The second-order valence-electron chi connectivity index (χ2n) is 6.06. The molecule has 128 valence electrons. The molecule has 4 rings (SSSR count). The van der Waals surface area contributed by atoms with Crippen molar-refractivity contribution in [2.45, 2.75) is 19.1 Å². The molecule has 3 aromatic rings. The van der Waals surface area contributed by atoms with Gasteiger partial charge >= 0.3 is 6.09 Å². The maximum atomic E-state index is 12.0. The zero-order valence-electron chi connectivity index (χ0n) is 13.7. The van der Waals surface area contributed by atoms with Gasteiger partial charge in [-0.1, -0.05) is 30.3 Å². The molecular weight excluding hydrogens is 318 g/mol. The summed E-state index contributed by atoms with van der Waals surface area (Å²) in [5, 5.41) is 7.47. The quantitative estimate of drug-likeness (QED) is 0.790. The number of carbonyl (C=O) groups is 1. The van der Waals surface area contributed by atoms with Crippen LogP contribution in [0.15, 0.2) is 54.9 Å². The number of fused-ring (bicyclic) bond motifs is 1. The summed E-state index contributed by atoms with van der Waals surface area (Å²) in [7, 11) is 0. The second-order valence-corrected chi connectivity index (χ2v) is 6.06. The Balaban J connectivity index is 1.30. The van der Waals surface area contributed by atoms with Crippen molar-refractivity contribution in [3.05, 3.63) is 60.4 Å². The standard InChI is InChI=1S/C18H19N5O2/c24-18(25-13-14-4-2-1-3-5-14)20-15-8-10-22(12-15)17-7-6-16-19-9-11-23(16)21-17/h1-7,9,11,15H,8,10,12-13H2,(H,20,24)/t15-/m0/s1. The summed E-state index contributed by atoms with van der Waals surface area (Å²) in [6, 6.07) is 13.6. The molecule has 0 spiro atoms. The fourth-order valence-corrected chi connectivity index (χ4v) is 2.99. The molecule has 0 radical (unpaired) electrons. The van der Waals surface area contributed by atoms with E-state index in [-0.39, 0.29) is 18.7 Å². The van der Waals surface area contributed by atoms with Gasteiger partial charge in [-0.2, -0.15) is 0 Å². The number of hydrogen-bond acceptors (Lipinski definition) is 5. The van der Waals surface area contributed by atoms with Crippen LogP contribution in [0, 0.1) is 0 Å². The van der Waals surface area contributed by atoms with Crippen molar-refractivity contribution in [2.75, 3.05) is 18.0 Å². The molecule has 7 nitrogen and oxygen atoms in total. The van der Waals surface area contributed by atoms with Gasteiger partial charge in [0.15, 0.2) is 5.65 Å². The number of anilines is 1. The van der Waals surface area contributed by atoms with E-state index in [0.29, 0.717) is 6.54 Å². The molecule has 0 aliphatic carbocycles. The average Bonchev–Trinajstić information content (AvgIpc) is 3.29. The Bertz CT molecular complexity index is 864. The van der Waals surface area contributed by atoms with Crippen molar-refractivity contribution in [1.82, 2.24) is 19.9 Å². The minimum atomic E-state index is -0.381. The molecule has 1 aliphatic heterocycles. The van der Waals surface area contributed by atoms with Crippen molar-refractivity contribution < 1.29 is 9.53 Å². The molecule has 1 saturated heterocycles. The van der Waals surface area contributed by atoms with Gasteiger partial charge in [-0.05, 0) is 24.1 Å². The average molecular weight is 337 g/mol. The predicted octanol–water partition coefficient (Wildman–Crippen LogP) is 2.23. The minimum Gasteiger partial charge on any atom is -0.445 e. The largest absolute Gasteiger partial charge is 0.445 e. The van der Waals surface area contributed by atoms with E-state index in [4.69, 9.17) is 4.74 Å². The van der Waals surface area contributed by atoms with Crippen molar-refractivity contribution in [1.29, 1.82) is 0 Å². The number of rotatable bonds is 4. The van der Waals surface area contributed by atoms with E-state index in [0.717, 1.165) is 30.0 Å². The van der Waals surface area contributed by atoms with Crippen LogP contribution in [-0.2, 0) is 11.3 Å². The van der Waals surface area contributed by atoms with Crippen molar-refractivity contribution in [3.63, 3.8) is 0 Å². The molecule has 1 fully saturated rings. The lowest BCUT2D eigenvalue weighted by Gasteiger charge is -2.17. The molecule has 0 bridgehead atoms. The van der Waals surface area contributed by atoms with Crippen molar-refractivity contribution >= 4 is 17.6 Å². The normalized spacial score (nSPS) is 17.0. The number of nitrogens with zero attached hydrogens (tertiary/aromatic N) is 4. The first-order chi connectivity index (χ1) is 12.3. The lowest BCUT2D eigenvalue weighted by atomic mass is 10.2. The molecule has 3 heterocycles. The molecule has 1 amide bonds. The number of aromatic nitrogens is 3. The molecule has 2 aromatic heterocycles. The summed E-state index contributed by atoms with van der Waals surface area (Å²) in [5.74, 6) is 0.882. The van der Waals surface area contributed by atoms with E-state index in [1.807, 2.05) is 48.7 Å². The van der Waals surface area contributed by atoms with Crippen LogP contribution in [-0.4, -0.2) is 39.8 Å². The number of benzene rings is 1. The molecular formula is C18H19N5O2. The Morgan fingerprint density at radius 3 is 3.00 bits per heavy atom. The van der Waals surface area contributed by atoms with Gasteiger partial charge in [-0.3, -0.25) is 0 Å². The number of nitrogens with one attached hydrogen (secondary N) is 1. The number of imidazole rings is 1. The number of amides is 1. The van der Waals surface area contributed by atoms with E-state index in [9.17, 15) is 4.79 Å². The van der Waals surface area contributed by atoms with Crippen LogP contribution in [0.5, 0.6) is 0 Å². The molecule has 0 saturated carbocycles. The van der Waals surface area contributed by atoms with Crippen LogP contribution < -0.4 is 10.2 Å². The smallest absolute Gasteiger partial charge is 0.407 e. The summed E-state index contributed by atoms with van der Waals surface area (Å²) >= 11 is 0. The maximum absolute atomic E-state index is 12.0. The topological polar surface area (TPSA) is 71.8 Å². The highest BCUT2D eigenvalue weighted by Gasteiger charge is 2.25. The Labute approximate surface area is 145 Å². The highest BCUT2D eigenvalue weighted by molar-refractivity contribution is 5.68. The maximum Gasteiger partial charge on any atom is 0.407 e. The second kappa shape index (κ2) is 6.80. The summed E-state index contributed by atoms with van der Waals surface area (Å²) in [4.78, 5) is 18.3. The van der Waals surface area contributed by atoms with Crippen LogP contribution in [0.1, 0.15) is 12.0 Å². The molecule has 0 unspecified atom stereocenters. The van der Waals surface area contributed by atoms with E-state index in [1.54, 1.807) is 10.7 Å². The molecule has 1 atom stereocenters.